The topological polar surface area (TPSA) is 76.1 Å². The summed E-state index contributed by atoms with van der Waals surface area (Å²) in [5, 5.41) is 5.75. The Balaban J connectivity index is 1.73. The van der Waals surface area contributed by atoms with Crippen LogP contribution in [-0.2, 0) is 11.2 Å². The minimum atomic E-state index is -4.25. The van der Waals surface area contributed by atoms with E-state index in [0.717, 1.165) is 5.56 Å². The van der Waals surface area contributed by atoms with E-state index in [0.29, 0.717) is 22.9 Å². The number of anilines is 3. The molecule has 0 spiro atoms. The van der Waals surface area contributed by atoms with Crippen LogP contribution in [0.5, 0.6) is 0 Å². The standard InChI is InChI=1S/C23H23F3N4O2/c1-22(2,3)32-21(31)30-18-10-6-16(7-11-18)19-20(28-13-12-27-19)29-17-8-4-15(5-9-17)14-23(24,25)26/h4-13H,14H2,1-3H3,(H,28,29)(H,30,31). The molecule has 0 unspecified atom stereocenters. The molecule has 9 heteroatoms. The van der Waals surface area contributed by atoms with E-state index < -0.39 is 24.3 Å². The number of carbonyl (C=O) groups excluding carboxylic acids is 1. The first-order chi connectivity index (χ1) is 15.0. The highest BCUT2D eigenvalue weighted by atomic mass is 19.4. The van der Waals surface area contributed by atoms with Crippen LogP contribution in [0, 0.1) is 0 Å². The second-order valence-electron chi connectivity index (χ2n) is 8.07. The van der Waals surface area contributed by atoms with Crippen LogP contribution in [0.25, 0.3) is 11.3 Å². The summed E-state index contributed by atoms with van der Waals surface area (Å²) < 4.78 is 42.8. The normalized spacial score (nSPS) is 11.7. The first-order valence-corrected chi connectivity index (χ1v) is 9.83. The average molecular weight is 444 g/mol. The Morgan fingerprint density at radius 1 is 0.906 bits per heavy atom. The lowest BCUT2D eigenvalue weighted by Crippen LogP contribution is -2.27. The van der Waals surface area contributed by atoms with Crippen molar-refractivity contribution in [2.75, 3.05) is 10.6 Å². The second-order valence-corrected chi connectivity index (χ2v) is 8.07. The summed E-state index contributed by atoms with van der Waals surface area (Å²) in [4.78, 5) is 20.6. The van der Waals surface area contributed by atoms with E-state index in [1.165, 1.54) is 18.3 Å². The van der Waals surface area contributed by atoms with Crippen LogP contribution in [0.3, 0.4) is 0 Å². The third-order valence-corrected chi connectivity index (χ3v) is 4.12. The predicted molar refractivity (Wildman–Crippen MR) is 117 cm³/mol. The van der Waals surface area contributed by atoms with Gasteiger partial charge in [-0.1, -0.05) is 24.3 Å². The van der Waals surface area contributed by atoms with Crippen LogP contribution in [-0.4, -0.2) is 27.8 Å². The molecule has 0 fully saturated rings. The number of aromatic nitrogens is 2. The number of amides is 1. The van der Waals surface area contributed by atoms with Gasteiger partial charge in [0.1, 0.15) is 11.3 Å². The molecule has 0 aliphatic carbocycles. The Labute approximate surface area is 183 Å². The SMILES string of the molecule is CC(C)(C)OC(=O)Nc1ccc(-c2nccnc2Nc2ccc(CC(F)(F)F)cc2)cc1. The summed E-state index contributed by atoms with van der Waals surface area (Å²) in [6, 6.07) is 12.9. The molecule has 1 heterocycles. The maximum atomic E-state index is 12.5. The van der Waals surface area contributed by atoms with E-state index in [4.69, 9.17) is 4.74 Å². The molecule has 32 heavy (non-hydrogen) atoms. The molecule has 0 aliphatic heterocycles. The fourth-order valence-electron chi connectivity index (χ4n) is 2.85. The van der Waals surface area contributed by atoms with Gasteiger partial charge in [-0.15, -0.1) is 0 Å². The molecule has 3 rings (SSSR count). The number of alkyl halides is 3. The van der Waals surface area contributed by atoms with E-state index in [1.54, 1.807) is 63.4 Å². The number of nitrogens with zero attached hydrogens (tertiary/aromatic N) is 2. The quantitative estimate of drug-likeness (QED) is 0.480. The number of hydrogen-bond donors (Lipinski definition) is 2. The van der Waals surface area contributed by atoms with Gasteiger partial charge in [-0.2, -0.15) is 13.2 Å². The van der Waals surface area contributed by atoms with E-state index in [9.17, 15) is 18.0 Å². The fraction of sp³-hybridized carbons (Fsp3) is 0.261. The fourth-order valence-corrected chi connectivity index (χ4v) is 2.85. The van der Waals surface area contributed by atoms with Crippen LogP contribution in [0.2, 0.25) is 0 Å². The summed E-state index contributed by atoms with van der Waals surface area (Å²) in [5.74, 6) is 0.448. The molecule has 2 aromatic carbocycles. The van der Waals surface area contributed by atoms with Crippen LogP contribution >= 0.6 is 0 Å². The van der Waals surface area contributed by atoms with E-state index in [2.05, 4.69) is 20.6 Å². The lowest BCUT2D eigenvalue weighted by atomic mass is 10.1. The molecule has 0 radical (unpaired) electrons. The average Bonchev–Trinajstić information content (AvgIpc) is 2.68. The summed E-state index contributed by atoms with van der Waals surface area (Å²) in [7, 11) is 0. The van der Waals surface area contributed by atoms with Gasteiger partial charge in [0.25, 0.3) is 0 Å². The van der Waals surface area contributed by atoms with Crippen molar-refractivity contribution in [2.24, 2.45) is 0 Å². The first-order valence-electron chi connectivity index (χ1n) is 9.83. The van der Waals surface area contributed by atoms with Gasteiger partial charge in [0.2, 0.25) is 0 Å². The van der Waals surface area contributed by atoms with Crippen molar-refractivity contribution in [1.82, 2.24) is 9.97 Å². The van der Waals surface area contributed by atoms with Gasteiger partial charge >= 0.3 is 12.3 Å². The highest BCUT2D eigenvalue weighted by Crippen LogP contribution is 2.28. The van der Waals surface area contributed by atoms with Gasteiger partial charge in [-0.25, -0.2) is 9.78 Å². The number of hydrogen-bond acceptors (Lipinski definition) is 5. The van der Waals surface area contributed by atoms with Crippen molar-refractivity contribution in [3.63, 3.8) is 0 Å². The van der Waals surface area contributed by atoms with Crippen LogP contribution in [0.4, 0.5) is 35.2 Å². The van der Waals surface area contributed by atoms with E-state index in [1.807, 2.05) is 0 Å². The number of benzene rings is 2. The second kappa shape index (κ2) is 9.25. The zero-order chi connectivity index (χ0) is 23.4. The van der Waals surface area contributed by atoms with Crippen LogP contribution < -0.4 is 10.6 Å². The van der Waals surface area contributed by atoms with Crippen molar-refractivity contribution < 1.29 is 22.7 Å². The molecular weight excluding hydrogens is 421 g/mol. The molecule has 0 saturated carbocycles. The smallest absolute Gasteiger partial charge is 0.412 e. The summed E-state index contributed by atoms with van der Waals surface area (Å²) in [5.41, 5.74) is 2.01. The molecule has 2 N–H and O–H groups in total. The molecule has 168 valence electrons. The van der Waals surface area contributed by atoms with Crippen molar-refractivity contribution in [3.05, 3.63) is 66.5 Å². The molecule has 1 aromatic heterocycles. The van der Waals surface area contributed by atoms with Gasteiger partial charge < -0.3 is 10.1 Å². The van der Waals surface area contributed by atoms with E-state index in [-0.39, 0.29) is 5.56 Å². The predicted octanol–water partition coefficient (Wildman–Crippen LogP) is 6.34. The third-order valence-electron chi connectivity index (χ3n) is 4.12. The Morgan fingerprint density at radius 3 is 2.09 bits per heavy atom. The number of rotatable bonds is 5. The van der Waals surface area contributed by atoms with Gasteiger partial charge in [0.05, 0.1) is 6.42 Å². The van der Waals surface area contributed by atoms with Crippen molar-refractivity contribution in [3.8, 4) is 11.3 Å². The largest absolute Gasteiger partial charge is 0.444 e. The number of nitrogens with one attached hydrogen (secondary N) is 2. The maximum Gasteiger partial charge on any atom is 0.412 e. The first kappa shape index (κ1) is 23.1. The lowest BCUT2D eigenvalue weighted by molar-refractivity contribution is -0.127. The number of halogens is 3. The zero-order valence-electron chi connectivity index (χ0n) is 17.8. The zero-order valence-corrected chi connectivity index (χ0v) is 17.8. The number of carbonyl (C=O) groups is 1. The minimum Gasteiger partial charge on any atom is -0.444 e. The van der Waals surface area contributed by atoms with Crippen molar-refractivity contribution >= 4 is 23.3 Å². The van der Waals surface area contributed by atoms with Crippen molar-refractivity contribution in [2.45, 2.75) is 39.0 Å². The Kier molecular flexibility index (Phi) is 6.67. The molecular formula is C23H23F3N4O2. The summed E-state index contributed by atoms with van der Waals surface area (Å²) in [6.45, 7) is 5.34. The molecule has 0 atom stereocenters. The Bertz CT molecular complexity index is 1060. The maximum absolute atomic E-state index is 12.5. The monoisotopic (exact) mass is 444 g/mol. The highest BCUT2D eigenvalue weighted by molar-refractivity contribution is 5.85. The lowest BCUT2D eigenvalue weighted by Gasteiger charge is -2.19. The molecule has 1 amide bonds. The van der Waals surface area contributed by atoms with Crippen LogP contribution in [0.1, 0.15) is 26.3 Å². The third kappa shape index (κ3) is 6.97. The van der Waals surface area contributed by atoms with Crippen molar-refractivity contribution in [1.29, 1.82) is 0 Å². The molecule has 6 nitrogen and oxygen atoms in total. The minimum absolute atomic E-state index is 0.176. The molecule has 0 bridgehead atoms. The Hall–Kier alpha value is -3.62. The van der Waals surface area contributed by atoms with Gasteiger partial charge in [0.15, 0.2) is 5.82 Å². The highest BCUT2D eigenvalue weighted by Gasteiger charge is 2.27. The Morgan fingerprint density at radius 2 is 1.50 bits per heavy atom. The number of ether oxygens (including phenoxy) is 1. The summed E-state index contributed by atoms with van der Waals surface area (Å²) in [6.07, 6.45) is -2.73. The van der Waals surface area contributed by atoms with Gasteiger partial charge in [0, 0.05) is 29.3 Å². The van der Waals surface area contributed by atoms with Gasteiger partial charge in [-0.3, -0.25) is 10.3 Å². The molecule has 0 aliphatic rings. The van der Waals surface area contributed by atoms with Crippen LogP contribution in [0.15, 0.2) is 60.9 Å². The van der Waals surface area contributed by atoms with E-state index >= 15 is 0 Å². The molecule has 3 aromatic rings. The summed E-state index contributed by atoms with van der Waals surface area (Å²) >= 11 is 0. The molecule has 0 saturated heterocycles. The van der Waals surface area contributed by atoms with Gasteiger partial charge in [-0.05, 0) is 50.6 Å².